The molecule has 0 amide bonds. The highest BCUT2D eigenvalue weighted by Gasteiger charge is 2.20. The molecule has 0 fully saturated rings. The summed E-state index contributed by atoms with van der Waals surface area (Å²) in [5.41, 5.74) is 1.30. The van der Waals surface area contributed by atoms with Gasteiger partial charge in [-0.25, -0.2) is 0 Å². The Kier molecular flexibility index (Phi) is 4.24. The Bertz CT molecular complexity index is 394. The van der Waals surface area contributed by atoms with Gasteiger partial charge in [0.15, 0.2) is 0 Å². The van der Waals surface area contributed by atoms with E-state index in [1.54, 1.807) is 6.07 Å². The number of hydrogen-bond acceptors (Lipinski definition) is 3. The van der Waals surface area contributed by atoms with E-state index in [1.807, 2.05) is 20.8 Å². The van der Waals surface area contributed by atoms with Gasteiger partial charge in [-0.2, -0.15) is 0 Å². The SMILES string of the molecule is Cc1ccc([N+](=O)[O-])c(CC(Cl)C(C)C)n1. The van der Waals surface area contributed by atoms with Crippen molar-refractivity contribution in [3.8, 4) is 0 Å². The van der Waals surface area contributed by atoms with Gasteiger partial charge in [0, 0.05) is 23.6 Å². The number of rotatable bonds is 4. The number of nitro groups is 1. The summed E-state index contributed by atoms with van der Waals surface area (Å²) in [5.74, 6) is 0.267. The van der Waals surface area contributed by atoms with Crippen molar-refractivity contribution in [2.45, 2.75) is 32.6 Å². The van der Waals surface area contributed by atoms with E-state index in [1.165, 1.54) is 6.07 Å². The van der Waals surface area contributed by atoms with Crippen molar-refractivity contribution in [2.75, 3.05) is 0 Å². The van der Waals surface area contributed by atoms with Gasteiger partial charge in [0.1, 0.15) is 5.69 Å². The van der Waals surface area contributed by atoms with Gasteiger partial charge < -0.3 is 0 Å². The first-order valence-electron chi connectivity index (χ1n) is 5.16. The number of aryl methyl sites for hydroxylation is 1. The third kappa shape index (κ3) is 3.17. The van der Waals surface area contributed by atoms with E-state index in [9.17, 15) is 10.1 Å². The van der Waals surface area contributed by atoms with Gasteiger partial charge in [-0.15, -0.1) is 11.6 Å². The van der Waals surface area contributed by atoms with E-state index in [0.29, 0.717) is 12.1 Å². The molecule has 0 radical (unpaired) electrons. The molecule has 0 aliphatic rings. The third-order valence-electron chi connectivity index (χ3n) is 2.40. The van der Waals surface area contributed by atoms with Crippen LogP contribution < -0.4 is 0 Å². The summed E-state index contributed by atoms with van der Waals surface area (Å²) in [6.07, 6.45) is 0.428. The number of alkyl halides is 1. The molecule has 1 aromatic heterocycles. The first kappa shape index (κ1) is 12.9. The molecule has 0 spiro atoms. The highest BCUT2D eigenvalue weighted by atomic mass is 35.5. The molecule has 1 aromatic rings. The van der Waals surface area contributed by atoms with Crippen molar-refractivity contribution in [3.05, 3.63) is 33.6 Å². The Labute approximate surface area is 99.8 Å². The molecule has 0 bridgehead atoms. The van der Waals surface area contributed by atoms with E-state index >= 15 is 0 Å². The van der Waals surface area contributed by atoms with Crippen molar-refractivity contribution in [2.24, 2.45) is 5.92 Å². The largest absolute Gasteiger partial charge is 0.290 e. The van der Waals surface area contributed by atoms with Crippen molar-refractivity contribution in [1.29, 1.82) is 0 Å². The molecule has 0 saturated heterocycles. The molecule has 0 aromatic carbocycles. The van der Waals surface area contributed by atoms with Crippen LogP contribution in [0.15, 0.2) is 12.1 Å². The zero-order valence-corrected chi connectivity index (χ0v) is 10.4. The van der Waals surface area contributed by atoms with Crippen LogP contribution in [0, 0.1) is 23.0 Å². The minimum Gasteiger partial charge on any atom is -0.258 e. The standard InChI is InChI=1S/C11H15ClN2O2/c1-7(2)9(12)6-10-11(14(15)16)5-4-8(3)13-10/h4-5,7,9H,6H2,1-3H3. The van der Waals surface area contributed by atoms with E-state index < -0.39 is 4.92 Å². The molecule has 1 rings (SSSR count). The molecule has 0 N–H and O–H groups in total. The van der Waals surface area contributed by atoms with Crippen LogP contribution in [0.5, 0.6) is 0 Å². The number of hydrogen-bond donors (Lipinski definition) is 0. The van der Waals surface area contributed by atoms with E-state index in [2.05, 4.69) is 4.98 Å². The smallest absolute Gasteiger partial charge is 0.258 e. The van der Waals surface area contributed by atoms with Gasteiger partial charge >= 0.3 is 0 Å². The van der Waals surface area contributed by atoms with Crippen LogP contribution in [-0.2, 0) is 6.42 Å². The topological polar surface area (TPSA) is 56.0 Å². The van der Waals surface area contributed by atoms with Crippen LogP contribution in [0.3, 0.4) is 0 Å². The maximum absolute atomic E-state index is 10.8. The van der Waals surface area contributed by atoms with Crippen molar-refractivity contribution in [1.82, 2.24) is 4.98 Å². The Morgan fingerprint density at radius 2 is 2.12 bits per heavy atom. The second kappa shape index (κ2) is 5.25. The minimum atomic E-state index is -0.411. The zero-order valence-electron chi connectivity index (χ0n) is 9.61. The molecule has 16 heavy (non-hydrogen) atoms. The number of halogens is 1. The third-order valence-corrected chi connectivity index (χ3v) is 3.06. The zero-order chi connectivity index (χ0) is 12.3. The summed E-state index contributed by atoms with van der Waals surface area (Å²) in [6, 6.07) is 3.13. The molecule has 1 heterocycles. The summed E-state index contributed by atoms with van der Waals surface area (Å²) in [7, 11) is 0. The fraction of sp³-hybridized carbons (Fsp3) is 0.545. The summed E-state index contributed by atoms with van der Waals surface area (Å²) < 4.78 is 0. The summed E-state index contributed by atoms with van der Waals surface area (Å²) >= 11 is 6.12. The van der Waals surface area contributed by atoms with Gasteiger partial charge in [-0.1, -0.05) is 13.8 Å². The van der Waals surface area contributed by atoms with Gasteiger partial charge in [-0.3, -0.25) is 15.1 Å². The lowest BCUT2D eigenvalue weighted by molar-refractivity contribution is -0.386. The summed E-state index contributed by atoms with van der Waals surface area (Å²) in [5, 5.41) is 10.7. The van der Waals surface area contributed by atoms with Crippen molar-refractivity contribution < 1.29 is 4.92 Å². The predicted molar refractivity (Wildman–Crippen MR) is 63.8 cm³/mol. The molecule has 0 aliphatic carbocycles. The molecule has 1 unspecified atom stereocenters. The van der Waals surface area contributed by atoms with Gasteiger partial charge in [0.2, 0.25) is 0 Å². The first-order valence-corrected chi connectivity index (χ1v) is 5.60. The number of nitrogens with zero attached hydrogens (tertiary/aromatic N) is 2. The van der Waals surface area contributed by atoms with Crippen molar-refractivity contribution in [3.63, 3.8) is 0 Å². The Hall–Kier alpha value is -1.16. The van der Waals surface area contributed by atoms with E-state index in [4.69, 9.17) is 11.6 Å². The van der Waals surface area contributed by atoms with Crippen LogP contribution >= 0.6 is 11.6 Å². The molecule has 5 heteroatoms. The molecular weight excluding hydrogens is 228 g/mol. The van der Waals surface area contributed by atoms with Crippen LogP contribution in [0.2, 0.25) is 0 Å². The second-order valence-corrected chi connectivity index (χ2v) is 4.70. The van der Waals surface area contributed by atoms with Crippen LogP contribution in [0.1, 0.15) is 25.2 Å². The predicted octanol–water partition coefficient (Wildman–Crippen LogP) is 3.10. The molecule has 0 aliphatic heterocycles. The maximum Gasteiger partial charge on any atom is 0.290 e. The molecule has 0 saturated carbocycles. The highest BCUT2D eigenvalue weighted by Crippen LogP contribution is 2.22. The van der Waals surface area contributed by atoms with Crippen LogP contribution in [0.4, 0.5) is 5.69 Å². The minimum absolute atomic E-state index is 0.0527. The molecule has 4 nitrogen and oxygen atoms in total. The fourth-order valence-corrected chi connectivity index (χ4v) is 1.49. The molecule has 88 valence electrons. The lowest BCUT2D eigenvalue weighted by atomic mass is 10.0. The Balaban J connectivity index is 3.01. The second-order valence-electron chi connectivity index (χ2n) is 4.14. The lowest BCUT2D eigenvalue weighted by Crippen LogP contribution is -2.13. The Morgan fingerprint density at radius 3 is 2.62 bits per heavy atom. The monoisotopic (exact) mass is 242 g/mol. The first-order chi connectivity index (χ1) is 7.41. The van der Waals surface area contributed by atoms with Crippen LogP contribution in [-0.4, -0.2) is 15.3 Å². The molecule has 1 atom stereocenters. The Morgan fingerprint density at radius 1 is 1.50 bits per heavy atom. The average molecular weight is 243 g/mol. The number of aromatic nitrogens is 1. The van der Waals surface area contributed by atoms with Gasteiger partial charge in [-0.05, 0) is 18.9 Å². The van der Waals surface area contributed by atoms with E-state index in [0.717, 1.165) is 5.69 Å². The van der Waals surface area contributed by atoms with E-state index in [-0.39, 0.29) is 17.0 Å². The van der Waals surface area contributed by atoms with Gasteiger partial charge in [0.05, 0.1) is 4.92 Å². The highest BCUT2D eigenvalue weighted by molar-refractivity contribution is 6.20. The quantitative estimate of drug-likeness (QED) is 0.463. The lowest BCUT2D eigenvalue weighted by Gasteiger charge is -2.12. The average Bonchev–Trinajstić information content (AvgIpc) is 2.16. The van der Waals surface area contributed by atoms with Crippen molar-refractivity contribution >= 4 is 17.3 Å². The van der Waals surface area contributed by atoms with Crippen LogP contribution in [0.25, 0.3) is 0 Å². The molecular formula is C11H15ClN2O2. The fourth-order valence-electron chi connectivity index (χ4n) is 1.34. The summed E-state index contributed by atoms with van der Waals surface area (Å²) in [6.45, 7) is 5.78. The van der Waals surface area contributed by atoms with Gasteiger partial charge in [0.25, 0.3) is 5.69 Å². The maximum atomic E-state index is 10.8. The summed E-state index contributed by atoms with van der Waals surface area (Å²) in [4.78, 5) is 14.6. The normalized spacial score (nSPS) is 12.8. The number of pyridine rings is 1.